The number of carboxylic acids is 1. The lowest BCUT2D eigenvalue weighted by atomic mass is 10.1. The van der Waals surface area contributed by atoms with Crippen LogP contribution in [0.1, 0.15) is 21.5 Å². The zero-order valence-electron chi connectivity index (χ0n) is 20.1. The molecule has 0 aliphatic rings. The molecule has 37 heavy (non-hydrogen) atoms. The van der Waals surface area contributed by atoms with Gasteiger partial charge in [0.25, 0.3) is 11.8 Å². The Labute approximate surface area is 213 Å². The highest BCUT2D eigenvalue weighted by molar-refractivity contribution is 6.05. The number of benzene rings is 3. The van der Waals surface area contributed by atoms with Crippen LogP contribution in [-0.4, -0.2) is 49.9 Å². The molecular formula is C27H25N3O7. The van der Waals surface area contributed by atoms with Crippen molar-refractivity contribution >= 4 is 30.1 Å². The van der Waals surface area contributed by atoms with Gasteiger partial charge in [-0.3, -0.25) is 9.59 Å². The highest BCUT2D eigenvalue weighted by Gasteiger charge is 2.16. The van der Waals surface area contributed by atoms with Crippen LogP contribution in [0.4, 0.5) is 0 Å². The number of carbonyl (C=O) groups excluding carboxylic acids is 2. The number of carboxylic acid groups (broad SMARTS) is 1. The Bertz CT molecular complexity index is 1320. The molecule has 0 aromatic heterocycles. The number of aliphatic carboxylic acids is 1. The molecule has 0 aliphatic heterocycles. The summed E-state index contributed by atoms with van der Waals surface area (Å²) in [4.78, 5) is 36.7. The second-order valence-corrected chi connectivity index (χ2v) is 7.41. The number of hydrogen-bond donors (Lipinski definition) is 3. The Hall–Kier alpha value is -5.12. The molecule has 10 heteroatoms. The molecule has 0 radical (unpaired) electrons. The van der Waals surface area contributed by atoms with E-state index in [1.807, 2.05) is 0 Å². The first kappa shape index (κ1) is 26.5. The molecule has 0 unspecified atom stereocenters. The van der Waals surface area contributed by atoms with Gasteiger partial charge in [0, 0.05) is 16.7 Å². The van der Waals surface area contributed by atoms with Crippen molar-refractivity contribution in [2.75, 3.05) is 20.8 Å². The van der Waals surface area contributed by atoms with Crippen LogP contribution < -0.4 is 25.0 Å². The topological polar surface area (TPSA) is 136 Å². The molecule has 10 nitrogen and oxygen atoms in total. The minimum Gasteiger partial charge on any atom is -0.497 e. The molecule has 3 aromatic rings. The van der Waals surface area contributed by atoms with Crippen LogP contribution >= 0.6 is 0 Å². The summed E-state index contributed by atoms with van der Waals surface area (Å²) in [7, 11) is 2.99. The van der Waals surface area contributed by atoms with E-state index in [0.29, 0.717) is 28.2 Å². The number of nitrogens with one attached hydrogen (secondary N) is 2. The maximum Gasteiger partial charge on any atom is 0.341 e. The molecule has 0 spiro atoms. The Morgan fingerprint density at radius 2 is 1.62 bits per heavy atom. The number of rotatable bonds is 11. The summed E-state index contributed by atoms with van der Waals surface area (Å²) in [5.74, 6) is -1.09. The van der Waals surface area contributed by atoms with Crippen LogP contribution in [-0.2, 0) is 9.59 Å². The highest BCUT2D eigenvalue weighted by Crippen LogP contribution is 2.26. The number of nitrogens with zero attached hydrogens (tertiary/aromatic N) is 1. The van der Waals surface area contributed by atoms with Crippen LogP contribution in [0.25, 0.3) is 6.08 Å². The summed E-state index contributed by atoms with van der Waals surface area (Å²) >= 11 is 0. The molecule has 0 heterocycles. The number of methoxy groups -OCH3 is 2. The van der Waals surface area contributed by atoms with E-state index in [9.17, 15) is 14.4 Å². The minimum absolute atomic E-state index is 0.104. The number of carbonyl (C=O) groups is 3. The van der Waals surface area contributed by atoms with Gasteiger partial charge in [-0.2, -0.15) is 5.10 Å². The quantitative estimate of drug-likeness (QED) is 0.208. The molecule has 0 saturated carbocycles. The van der Waals surface area contributed by atoms with Crippen molar-refractivity contribution < 1.29 is 33.7 Å². The smallest absolute Gasteiger partial charge is 0.341 e. The van der Waals surface area contributed by atoms with E-state index in [-0.39, 0.29) is 11.4 Å². The third-order valence-electron chi connectivity index (χ3n) is 4.91. The molecule has 3 aromatic carbocycles. The van der Waals surface area contributed by atoms with Crippen molar-refractivity contribution in [2.24, 2.45) is 5.10 Å². The fraction of sp³-hybridized carbons (Fsp3) is 0.111. The molecule has 3 N–H and O–H groups in total. The van der Waals surface area contributed by atoms with Gasteiger partial charge in [-0.25, -0.2) is 10.2 Å². The second kappa shape index (κ2) is 13.1. The van der Waals surface area contributed by atoms with Gasteiger partial charge in [0.1, 0.15) is 22.9 Å². The van der Waals surface area contributed by atoms with E-state index in [2.05, 4.69) is 15.8 Å². The monoisotopic (exact) mass is 503 g/mol. The molecule has 2 amide bonds. The largest absolute Gasteiger partial charge is 0.497 e. The summed E-state index contributed by atoms with van der Waals surface area (Å²) in [5.41, 5.74) is 3.54. The Kier molecular flexibility index (Phi) is 9.38. The van der Waals surface area contributed by atoms with E-state index in [4.69, 9.17) is 19.3 Å². The summed E-state index contributed by atoms with van der Waals surface area (Å²) in [5, 5.41) is 15.4. The summed E-state index contributed by atoms with van der Waals surface area (Å²) in [6, 6.07) is 20.0. The molecule has 0 bridgehead atoms. The predicted octanol–water partition coefficient (Wildman–Crippen LogP) is 3.09. The zero-order valence-corrected chi connectivity index (χ0v) is 20.1. The number of ether oxygens (including phenoxy) is 3. The van der Waals surface area contributed by atoms with E-state index >= 15 is 0 Å². The van der Waals surface area contributed by atoms with Crippen molar-refractivity contribution in [3.05, 3.63) is 95.2 Å². The predicted molar refractivity (Wildman–Crippen MR) is 137 cm³/mol. The van der Waals surface area contributed by atoms with Crippen molar-refractivity contribution in [1.29, 1.82) is 0 Å². The van der Waals surface area contributed by atoms with Gasteiger partial charge in [-0.1, -0.05) is 30.3 Å². The van der Waals surface area contributed by atoms with Crippen LogP contribution in [0.15, 0.2) is 83.6 Å². The lowest BCUT2D eigenvalue weighted by molar-refractivity contribution is -0.139. The SMILES string of the molecule is COc1ccc(OC)c(/C=C(\NC(=O)c2ccccc2)C(=O)N/N=C\c2ccccc2OCC(=O)O)c1. The van der Waals surface area contributed by atoms with Gasteiger partial charge in [0.2, 0.25) is 0 Å². The number of hydrogen-bond acceptors (Lipinski definition) is 7. The first-order chi connectivity index (χ1) is 17.9. The van der Waals surface area contributed by atoms with E-state index in [1.54, 1.807) is 72.8 Å². The summed E-state index contributed by atoms with van der Waals surface area (Å²) in [6.07, 6.45) is 2.74. The standard InChI is InChI=1S/C27H25N3O7/c1-35-21-12-13-23(36-2)20(14-21)15-22(29-26(33)18-8-4-3-5-9-18)27(34)30-28-16-19-10-6-7-11-24(19)37-17-25(31)32/h3-16H,17H2,1-2H3,(H,29,33)(H,30,34)(H,31,32)/b22-15-,28-16-. The average Bonchev–Trinajstić information content (AvgIpc) is 2.92. The normalized spacial score (nSPS) is 11.0. The Balaban J connectivity index is 1.88. The van der Waals surface area contributed by atoms with E-state index < -0.39 is 24.4 Å². The Morgan fingerprint density at radius 3 is 2.32 bits per heavy atom. The van der Waals surface area contributed by atoms with Gasteiger partial charge in [0.05, 0.1) is 20.4 Å². The number of amides is 2. The van der Waals surface area contributed by atoms with Gasteiger partial charge < -0.3 is 24.6 Å². The maximum absolute atomic E-state index is 13.1. The van der Waals surface area contributed by atoms with Crippen molar-refractivity contribution in [1.82, 2.24) is 10.7 Å². The van der Waals surface area contributed by atoms with Crippen LogP contribution in [0.5, 0.6) is 17.2 Å². The lowest BCUT2D eigenvalue weighted by Gasteiger charge is -2.12. The second-order valence-electron chi connectivity index (χ2n) is 7.41. The molecular weight excluding hydrogens is 478 g/mol. The zero-order chi connectivity index (χ0) is 26.6. The third kappa shape index (κ3) is 7.69. The summed E-state index contributed by atoms with van der Waals surface area (Å²) < 4.78 is 15.9. The first-order valence-electron chi connectivity index (χ1n) is 11.0. The molecule has 0 saturated heterocycles. The fourth-order valence-corrected chi connectivity index (χ4v) is 3.13. The Morgan fingerprint density at radius 1 is 0.892 bits per heavy atom. The van der Waals surface area contributed by atoms with Gasteiger partial charge in [0.15, 0.2) is 6.61 Å². The first-order valence-corrected chi connectivity index (χ1v) is 11.0. The minimum atomic E-state index is -1.13. The molecule has 3 rings (SSSR count). The molecule has 0 atom stereocenters. The van der Waals surface area contributed by atoms with Crippen molar-refractivity contribution in [3.63, 3.8) is 0 Å². The van der Waals surface area contributed by atoms with Crippen molar-refractivity contribution in [3.8, 4) is 17.2 Å². The lowest BCUT2D eigenvalue weighted by Crippen LogP contribution is -2.32. The number of hydrazone groups is 1. The molecule has 0 fully saturated rings. The van der Waals surface area contributed by atoms with E-state index in [1.165, 1.54) is 26.5 Å². The van der Waals surface area contributed by atoms with Gasteiger partial charge >= 0.3 is 5.97 Å². The maximum atomic E-state index is 13.1. The van der Waals surface area contributed by atoms with Crippen LogP contribution in [0, 0.1) is 0 Å². The average molecular weight is 504 g/mol. The van der Waals surface area contributed by atoms with Crippen molar-refractivity contribution in [2.45, 2.75) is 0 Å². The molecule has 0 aliphatic carbocycles. The summed E-state index contributed by atoms with van der Waals surface area (Å²) in [6.45, 7) is -0.530. The highest BCUT2D eigenvalue weighted by atomic mass is 16.5. The molecule has 190 valence electrons. The van der Waals surface area contributed by atoms with E-state index in [0.717, 1.165) is 0 Å². The third-order valence-corrected chi connectivity index (χ3v) is 4.91. The van der Waals surface area contributed by atoms with Crippen LogP contribution in [0.3, 0.4) is 0 Å². The number of para-hydroxylation sites is 1. The van der Waals surface area contributed by atoms with Gasteiger partial charge in [-0.15, -0.1) is 0 Å². The van der Waals surface area contributed by atoms with Crippen LogP contribution in [0.2, 0.25) is 0 Å². The fourth-order valence-electron chi connectivity index (χ4n) is 3.13. The van der Waals surface area contributed by atoms with Gasteiger partial charge in [-0.05, 0) is 48.5 Å².